The fraction of sp³-hybridized carbons (Fsp3) is 0.360. The predicted molar refractivity (Wildman–Crippen MR) is 121 cm³/mol. The van der Waals surface area contributed by atoms with Gasteiger partial charge in [0.2, 0.25) is 0 Å². The van der Waals surface area contributed by atoms with Crippen molar-refractivity contribution in [1.29, 1.82) is 0 Å². The Labute approximate surface area is 180 Å². The van der Waals surface area contributed by atoms with Crippen molar-refractivity contribution in [2.24, 2.45) is 13.0 Å². The number of hydrogen-bond acceptors (Lipinski definition) is 2. The Morgan fingerprint density at radius 2 is 1.97 bits per heavy atom. The van der Waals surface area contributed by atoms with E-state index in [1.165, 1.54) is 11.6 Å². The Bertz CT molecular complexity index is 1320. The van der Waals surface area contributed by atoms with E-state index in [4.69, 9.17) is 4.98 Å². The molecule has 1 saturated carbocycles. The SMILES string of the molecule is C=Cc1cc(CC)c2c(c1)nc(-c1cc3ccc(C(C)(F)F)nc3n1CC1CC1)n2C. The highest BCUT2D eigenvalue weighted by atomic mass is 19.3. The molecule has 3 heterocycles. The van der Waals surface area contributed by atoms with Crippen molar-refractivity contribution >= 4 is 28.1 Å². The van der Waals surface area contributed by atoms with Crippen molar-refractivity contribution in [3.05, 3.63) is 53.7 Å². The lowest BCUT2D eigenvalue weighted by Crippen LogP contribution is -2.11. The Morgan fingerprint density at radius 3 is 2.61 bits per heavy atom. The van der Waals surface area contributed by atoms with Crippen molar-refractivity contribution in [3.8, 4) is 11.5 Å². The quantitative estimate of drug-likeness (QED) is 0.366. The molecule has 0 radical (unpaired) electrons. The Hall–Kier alpha value is -3.02. The van der Waals surface area contributed by atoms with Gasteiger partial charge in [0.1, 0.15) is 11.3 Å². The molecule has 1 aliphatic rings. The van der Waals surface area contributed by atoms with Crippen LogP contribution in [-0.4, -0.2) is 19.1 Å². The van der Waals surface area contributed by atoms with Crippen molar-refractivity contribution < 1.29 is 8.78 Å². The van der Waals surface area contributed by atoms with Gasteiger partial charge in [-0.2, -0.15) is 8.78 Å². The monoisotopic (exact) mass is 420 g/mol. The predicted octanol–water partition coefficient (Wildman–Crippen LogP) is 6.32. The van der Waals surface area contributed by atoms with Crippen LogP contribution in [-0.2, 0) is 25.9 Å². The van der Waals surface area contributed by atoms with Crippen LogP contribution in [0.3, 0.4) is 0 Å². The first-order chi connectivity index (χ1) is 14.8. The van der Waals surface area contributed by atoms with Crippen LogP contribution in [0, 0.1) is 5.92 Å². The molecule has 3 aromatic heterocycles. The molecule has 0 amide bonds. The van der Waals surface area contributed by atoms with E-state index in [1.54, 1.807) is 6.07 Å². The van der Waals surface area contributed by atoms with Gasteiger partial charge in [-0.05, 0) is 66.6 Å². The van der Waals surface area contributed by atoms with Crippen molar-refractivity contribution in [1.82, 2.24) is 19.1 Å². The number of benzene rings is 1. The summed E-state index contributed by atoms with van der Waals surface area (Å²) in [6.07, 6.45) is 5.05. The van der Waals surface area contributed by atoms with Crippen LogP contribution in [0.25, 0.3) is 39.7 Å². The molecule has 6 heteroatoms. The molecule has 0 unspecified atom stereocenters. The minimum atomic E-state index is -2.97. The van der Waals surface area contributed by atoms with Gasteiger partial charge in [0.05, 0.1) is 16.7 Å². The third-order valence-corrected chi connectivity index (χ3v) is 6.25. The van der Waals surface area contributed by atoms with Crippen molar-refractivity contribution in [3.63, 3.8) is 0 Å². The zero-order chi connectivity index (χ0) is 21.9. The maximum absolute atomic E-state index is 14.0. The number of alkyl halides is 2. The minimum Gasteiger partial charge on any atom is -0.326 e. The largest absolute Gasteiger partial charge is 0.326 e. The summed E-state index contributed by atoms with van der Waals surface area (Å²) in [6.45, 7) is 7.70. The molecular formula is C25H26F2N4. The maximum Gasteiger partial charge on any atom is 0.287 e. The van der Waals surface area contributed by atoms with Crippen LogP contribution < -0.4 is 0 Å². The fourth-order valence-electron chi connectivity index (χ4n) is 4.39. The number of rotatable bonds is 6. The lowest BCUT2D eigenvalue weighted by Gasteiger charge is -2.12. The molecule has 160 valence electrons. The molecule has 4 aromatic rings. The van der Waals surface area contributed by atoms with Gasteiger partial charge in [-0.3, -0.25) is 0 Å². The standard InChI is InChI=1S/C25H26F2N4/c1-5-15-11-17(6-2)22-19(12-15)28-24(30(22)4)20-13-18-9-10-21(25(3,26)27)29-23(18)31(20)14-16-7-8-16/h5,9-13,16H,1,6-8,14H2,2-4H3. The Kier molecular flexibility index (Phi) is 4.50. The summed E-state index contributed by atoms with van der Waals surface area (Å²) < 4.78 is 32.2. The van der Waals surface area contributed by atoms with Crippen LogP contribution in [0.2, 0.25) is 0 Å². The van der Waals surface area contributed by atoms with Gasteiger partial charge in [-0.15, -0.1) is 0 Å². The van der Waals surface area contributed by atoms with E-state index >= 15 is 0 Å². The van der Waals surface area contributed by atoms with E-state index in [2.05, 4.69) is 33.7 Å². The number of aromatic nitrogens is 4. The first-order valence-electron chi connectivity index (χ1n) is 10.8. The van der Waals surface area contributed by atoms with Gasteiger partial charge in [0.15, 0.2) is 5.82 Å². The van der Waals surface area contributed by atoms with E-state index in [9.17, 15) is 8.78 Å². The molecule has 0 bridgehead atoms. The van der Waals surface area contributed by atoms with E-state index in [-0.39, 0.29) is 5.69 Å². The van der Waals surface area contributed by atoms with E-state index < -0.39 is 5.92 Å². The summed E-state index contributed by atoms with van der Waals surface area (Å²) in [6, 6.07) is 9.40. The second-order valence-electron chi connectivity index (χ2n) is 8.68. The van der Waals surface area contributed by atoms with Gasteiger partial charge < -0.3 is 9.13 Å². The molecule has 1 aromatic carbocycles. The topological polar surface area (TPSA) is 35.6 Å². The van der Waals surface area contributed by atoms with Crippen LogP contribution in [0.1, 0.15) is 43.5 Å². The molecule has 0 spiro atoms. The summed E-state index contributed by atoms with van der Waals surface area (Å²) in [4.78, 5) is 9.35. The molecule has 1 aliphatic carbocycles. The van der Waals surface area contributed by atoms with Gasteiger partial charge in [-0.1, -0.05) is 19.6 Å². The highest BCUT2D eigenvalue weighted by Crippen LogP contribution is 2.37. The zero-order valence-electron chi connectivity index (χ0n) is 18.1. The summed E-state index contributed by atoms with van der Waals surface area (Å²) >= 11 is 0. The number of pyridine rings is 1. The Morgan fingerprint density at radius 1 is 1.19 bits per heavy atom. The lowest BCUT2D eigenvalue weighted by molar-refractivity contribution is 0.0130. The van der Waals surface area contributed by atoms with Crippen LogP contribution in [0.4, 0.5) is 8.78 Å². The maximum atomic E-state index is 14.0. The number of imidazole rings is 1. The highest BCUT2D eigenvalue weighted by molar-refractivity contribution is 5.88. The third-order valence-electron chi connectivity index (χ3n) is 6.25. The van der Waals surface area contributed by atoms with E-state index in [0.29, 0.717) is 11.6 Å². The summed E-state index contributed by atoms with van der Waals surface area (Å²) in [5, 5.41) is 0.859. The third kappa shape index (κ3) is 3.34. The van der Waals surface area contributed by atoms with Crippen LogP contribution in [0.15, 0.2) is 36.9 Å². The van der Waals surface area contributed by atoms with Crippen LogP contribution >= 0.6 is 0 Å². The average molecular weight is 421 g/mol. The summed E-state index contributed by atoms with van der Waals surface area (Å²) in [7, 11) is 2.02. The van der Waals surface area contributed by atoms with Gasteiger partial charge in [-0.25, -0.2) is 9.97 Å². The molecule has 0 saturated heterocycles. The first kappa shape index (κ1) is 19.9. The molecule has 1 fully saturated rings. The smallest absolute Gasteiger partial charge is 0.287 e. The number of hydrogen-bond donors (Lipinski definition) is 0. The van der Waals surface area contributed by atoms with E-state index in [0.717, 1.165) is 66.2 Å². The van der Waals surface area contributed by atoms with Gasteiger partial charge in [0.25, 0.3) is 5.92 Å². The Balaban J connectivity index is 1.77. The normalized spacial score (nSPS) is 14.6. The number of nitrogens with zero attached hydrogens (tertiary/aromatic N) is 4. The first-order valence-corrected chi connectivity index (χ1v) is 10.8. The molecule has 0 aliphatic heterocycles. The molecule has 4 nitrogen and oxygen atoms in total. The molecule has 0 N–H and O–H groups in total. The minimum absolute atomic E-state index is 0.199. The molecular weight excluding hydrogens is 394 g/mol. The highest BCUT2D eigenvalue weighted by Gasteiger charge is 2.29. The van der Waals surface area contributed by atoms with Crippen molar-refractivity contribution in [2.75, 3.05) is 0 Å². The number of halogens is 2. The zero-order valence-corrected chi connectivity index (χ0v) is 18.1. The average Bonchev–Trinajstić information content (AvgIpc) is 3.41. The van der Waals surface area contributed by atoms with E-state index in [1.807, 2.05) is 25.3 Å². The summed E-state index contributed by atoms with van der Waals surface area (Å²) in [5.74, 6) is -1.58. The summed E-state index contributed by atoms with van der Waals surface area (Å²) in [5.41, 5.74) is 5.61. The number of fused-ring (bicyclic) bond motifs is 2. The lowest BCUT2D eigenvalue weighted by atomic mass is 10.1. The second-order valence-corrected chi connectivity index (χ2v) is 8.68. The molecule has 31 heavy (non-hydrogen) atoms. The molecule has 5 rings (SSSR count). The van der Waals surface area contributed by atoms with Crippen molar-refractivity contribution in [2.45, 2.75) is 45.6 Å². The number of aryl methyl sites for hydroxylation is 2. The van der Waals surface area contributed by atoms with Crippen LogP contribution in [0.5, 0.6) is 0 Å². The second kappa shape index (κ2) is 7.01. The van der Waals surface area contributed by atoms with Gasteiger partial charge >= 0.3 is 0 Å². The fourth-order valence-corrected chi connectivity index (χ4v) is 4.39. The van der Waals surface area contributed by atoms with Gasteiger partial charge in [0, 0.05) is 25.9 Å². The molecule has 0 atom stereocenters.